The fraction of sp³-hybridized carbons (Fsp3) is 0.318. The maximum atomic E-state index is 12.9. The Hall–Kier alpha value is -3.75. The lowest BCUT2D eigenvalue weighted by Crippen LogP contribution is -2.30. The highest BCUT2D eigenvalue weighted by atomic mass is 16.6. The Labute approximate surface area is 179 Å². The van der Waals surface area contributed by atoms with Crippen molar-refractivity contribution in [2.45, 2.75) is 32.9 Å². The molecule has 1 fully saturated rings. The van der Waals surface area contributed by atoms with Crippen LogP contribution in [0.5, 0.6) is 5.75 Å². The zero-order valence-electron chi connectivity index (χ0n) is 17.4. The van der Waals surface area contributed by atoms with Crippen LogP contribution in [0.25, 0.3) is 0 Å². The molecule has 3 aromatic rings. The molecule has 0 unspecified atom stereocenters. The first kappa shape index (κ1) is 20.5. The van der Waals surface area contributed by atoms with Gasteiger partial charge in [0.2, 0.25) is 0 Å². The highest BCUT2D eigenvalue weighted by Crippen LogP contribution is 2.23. The minimum absolute atomic E-state index is 0.0365. The Kier molecular flexibility index (Phi) is 5.66. The van der Waals surface area contributed by atoms with Gasteiger partial charge in [-0.3, -0.25) is 24.6 Å². The van der Waals surface area contributed by atoms with Gasteiger partial charge in [-0.2, -0.15) is 5.10 Å². The summed E-state index contributed by atoms with van der Waals surface area (Å²) in [5.41, 5.74) is 2.47. The number of aromatic nitrogens is 3. The molecule has 1 aliphatic rings. The van der Waals surface area contributed by atoms with Crippen molar-refractivity contribution in [1.82, 2.24) is 19.7 Å². The molecule has 9 nitrogen and oxygen atoms in total. The second-order valence-electron chi connectivity index (χ2n) is 7.60. The van der Waals surface area contributed by atoms with Gasteiger partial charge >= 0.3 is 5.69 Å². The molecular weight excluding hydrogens is 398 g/mol. The van der Waals surface area contributed by atoms with Crippen LogP contribution in [0.4, 0.5) is 5.69 Å². The second-order valence-corrected chi connectivity index (χ2v) is 7.60. The molecule has 1 amide bonds. The fourth-order valence-corrected chi connectivity index (χ4v) is 3.83. The van der Waals surface area contributed by atoms with Gasteiger partial charge in [0.1, 0.15) is 23.2 Å². The van der Waals surface area contributed by atoms with Gasteiger partial charge in [0.25, 0.3) is 5.91 Å². The molecule has 160 valence electrons. The predicted octanol–water partition coefficient (Wildman–Crippen LogP) is 3.14. The lowest BCUT2D eigenvalue weighted by Gasteiger charge is -2.17. The van der Waals surface area contributed by atoms with Crippen molar-refractivity contribution in [3.05, 3.63) is 81.4 Å². The van der Waals surface area contributed by atoms with E-state index in [-0.39, 0.29) is 17.7 Å². The van der Waals surface area contributed by atoms with E-state index >= 15 is 0 Å². The normalized spacial score (nSPS) is 15.8. The Bertz CT molecular complexity index is 1100. The van der Waals surface area contributed by atoms with Crippen molar-refractivity contribution in [1.29, 1.82) is 0 Å². The van der Waals surface area contributed by atoms with E-state index in [0.29, 0.717) is 42.3 Å². The lowest BCUT2D eigenvalue weighted by molar-refractivity contribution is -0.386. The van der Waals surface area contributed by atoms with Gasteiger partial charge in [-0.05, 0) is 43.7 Å². The summed E-state index contributed by atoms with van der Waals surface area (Å²) in [5, 5.41) is 15.4. The van der Waals surface area contributed by atoms with Gasteiger partial charge in [0.15, 0.2) is 0 Å². The zero-order chi connectivity index (χ0) is 22.0. The lowest BCUT2D eigenvalue weighted by atomic mass is 10.1. The van der Waals surface area contributed by atoms with Crippen molar-refractivity contribution >= 4 is 11.6 Å². The third kappa shape index (κ3) is 4.40. The molecule has 1 aromatic carbocycles. The Morgan fingerprint density at radius 3 is 2.68 bits per heavy atom. The van der Waals surface area contributed by atoms with Crippen LogP contribution in [0.15, 0.2) is 48.8 Å². The van der Waals surface area contributed by atoms with E-state index in [1.807, 2.05) is 24.3 Å². The number of rotatable bonds is 6. The van der Waals surface area contributed by atoms with Gasteiger partial charge < -0.3 is 9.64 Å². The quantitative estimate of drug-likeness (QED) is 0.447. The summed E-state index contributed by atoms with van der Waals surface area (Å²) in [5.74, 6) is 0.668. The van der Waals surface area contributed by atoms with E-state index < -0.39 is 4.92 Å². The van der Waals surface area contributed by atoms with E-state index in [1.54, 1.807) is 48.0 Å². The summed E-state index contributed by atoms with van der Waals surface area (Å²) in [4.78, 5) is 29.5. The number of ether oxygens (including phenoxy) is 1. The molecule has 0 spiro atoms. The number of pyridine rings is 1. The average Bonchev–Trinajstić information content (AvgIpc) is 3.33. The summed E-state index contributed by atoms with van der Waals surface area (Å²) < 4.78 is 7.52. The smallest absolute Gasteiger partial charge is 0.312 e. The minimum Gasteiger partial charge on any atom is -0.487 e. The number of likely N-dealkylation sites (tertiary alicyclic amines) is 1. The largest absolute Gasteiger partial charge is 0.487 e. The van der Waals surface area contributed by atoms with E-state index in [1.165, 1.54) is 0 Å². The molecular formula is C22H23N5O4. The molecule has 0 radical (unpaired) electrons. The number of hydrogen-bond acceptors (Lipinski definition) is 6. The molecule has 1 atom stereocenters. The number of carbonyl (C=O) groups excluding carboxylic acids is 1. The predicted molar refractivity (Wildman–Crippen MR) is 113 cm³/mol. The molecule has 0 saturated carbocycles. The fourth-order valence-electron chi connectivity index (χ4n) is 3.83. The Morgan fingerprint density at radius 2 is 2.03 bits per heavy atom. The number of benzene rings is 1. The number of amides is 1. The second kappa shape index (κ2) is 8.55. The van der Waals surface area contributed by atoms with E-state index in [4.69, 9.17) is 4.74 Å². The number of aryl methyl sites for hydroxylation is 1. The first-order valence-electron chi connectivity index (χ1n) is 10.1. The minimum atomic E-state index is -0.405. The zero-order valence-corrected chi connectivity index (χ0v) is 17.4. The maximum Gasteiger partial charge on any atom is 0.312 e. The monoisotopic (exact) mass is 421 g/mol. The SMILES string of the molecule is Cc1nn(Cc2ccc(C(=O)N3CC[C@@H](Oc4cccnc4)C3)cc2)c(C)c1[N+](=O)[O-]. The standard InChI is InChI=1S/C22H23N5O4/c1-15-21(27(29)30)16(2)26(24-15)13-17-5-7-18(8-6-17)22(28)25-11-9-20(14-25)31-19-4-3-10-23-12-19/h3-8,10,12,20H,9,11,13-14H2,1-2H3/t20-/m1/s1. The first-order chi connectivity index (χ1) is 14.9. The van der Waals surface area contributed by atoms with Gasteiger partial charge in [-0.25, -0.2) is 0 Å². The molecule has 3 heterocycles. The Balaban J connectivity index is 1.39. The van der Waals surface area contributed by atoms with Crippen molar-refractivity contribution in [3.63, 3.8) is 0 Å². The van der Waals surface area contributed by atoms with E-state index in [0.717, 1.165) is 12.0 Å². The Morgan fingerprint density at radius 1 is 1.26 bits per heavy atom. The summed E-state index contributed by atoms with van der Waals surface area (Å²) in [6, 6.07) is 11.0. The van der Waals surface area contributed by atoms with E-state index in [2.05, 4.69) is 10.1 Å². The van der Waals surface area contributed by atoms with Crippen LogP contribution >= 0.6 is 0 Å². The molecule has 2 aromatic heterocycles. The molecule has 0 aliphatic carbocycles. The van der Waals surface area contributed by atoms with Crippen LogP contribution in [-0.2, 0) is 6.54 Å². The third-order valence-corrected chi connectivity index (χ3v) is 5.43. The summed E-state index contributed by atoms with van der Waals surface area (Å²) >= 11 is 0. The average molecular weight is 421 g/mol. The molecule has 31 heavy (non-hydrogen) atoms. The molecule has 0 N–H and O–H groups in total. The number of nitrogens with zero attached hydrogens (tertiary/aromatic N) is 5. The van der Waals surface area contributed by atoms with Gasteiger partial charge in [-0.15, -0.1) is 0 Å². The van der Waals surface area contributed by atoms with Crippen LogP contribution in [0.3, 0.4) is 0 Å². The van der Waals surface area contributed by atoms with Crippen LogP contribution in [-0.4, -0.2) is 49.7 Å². The van der Waals surface area contributed by atoms with E-state index in [9.17, 15) is 14.9 Å². The molecule has 4 rings (SSSR count). The van der Waals surface area contributed by atoms with Crippen LogP contribution < -0.4 is 4.74 Å². The maximum absolute atomic E-state index is 12.9. The summed E-state index contributed by atoms with van der Waals surface area (Å²) in [6.07, 6.45) is 4.09. The highest BCUT2D eigenvalue weighted by Gasteiger charge is 2.28. The molecule has 1 saturated heterocycles. The van der Waals surface area contributed by atoms with Crippen molar-refractivity contribution in [2.24, 2.45) is 0 Å². The van der Waals surface area contributed by atoms with Crippen LogP contribution in [0.1, 0.15) is 33.7 Å². The number of nitro groups is 1. The topological polar surface area (TPSA) is 103 Å². The molecule has 0 bridgehead atoms. The summed E-state index contributed by atoms with van der Waals surface area (Å²) in [6.45, 7) is 4.89. The third-order valence-electron chi connectivity index (χ3n) is 5.43. The molecule has 1 aliphatic heterocycles. The number of hydrogen-bond donors (Lipinski definition) is 0. The van der Waals surface area contributed by atoms with Crippen LogP contribution in [0.2, 0.25) is 0 Å². The first-order valence-corrected chi connectivity index (χ1v) is 10.1. The van der Waals surface area contributed by atoms with Gasteiger partial charge in [-0.1, -0.05) is 12.1 Å². The number of carbonyl (C=O) groups is 1. The van der Waals surface area contributed by atoms with Crippen molar-refractivity contribution in [2.75, 3.05) is 13.1 Å². The van der Waals surface area contributed by atoms with Crippen molar-refractivity contribution in [3.8, 4) is 5.75 Å². The van der Waals surface area contributed by atoms with Gasteiger partial charge in [0.05, 0.1) is 24.2 Å². The van der Waals surface area contributed by atoms with Crippen LogP contribution in [0, 0.1) is 24.0 Å². The van der Waals surface area contributed by atoms with Gasteiger partial charge in [0, 0.05) is 24.7 Å². The summed E-state index contributed by atoms with van der Waals surface area (Å²) in [7, 11) is 0. The molecule has 9 heteroatoms. The highest BCUT2D eigenvalue weighted by molar-refractivity contribution is 5.94. The van der Waals surface area contributed by atoms with Crippen molar-refractivity contribution < 1.29 is 14.5 Å².